The summed E-state index contributed by atoms with van der Waals surface area (Å²) in [7, 11) is 0. The largest absolute Gasteiger partial charge is 0.485 e. The van der Waals surface area contributed by atoms with E-state index < -0.39 is 24.3 Å². The van der Waals surface area contributed by atoms with Crippen molar-refractivity contribution < 1.29 is 31.8 Å². The lowest BCUT2D eigenvalue weighted by Crippen LogP contribution is -2.14. The molecule has 0 fully saturated rings. The van der Waals surface area contributed by atoms with Gasteiger partial charge in [-0.15, -0.1) is 0 Å². The second-order valence-corrected chi connectivity index (χ2v) is 8.63. The molecule has 2 N–H and O–H groups in total. The first-order valence-electron chi connectivity index (χ1n) is 11.5. The SMILES string of the molecule is Cc1cc(OCc2c(F)cccc2F)c2nc(C)c(C(=O)CCC(N)c3cccc(OC(F)F)c3)n2c1. The monoisotopic (exact) mass is 515 g/mol. The maximum absolute atomic E-state index is 14.0. The summed E-state index contributed by atoms with van der Waals surface area (Å²) in [5, 5.41) is 0. The molecule has 0 saturated heterocycles. The molecule has 0 amide bonds. The molecule has 0 saturated carbocycles. The summed E-state index contributed by atoms with van der Waals surface area (Å²) in [5.41, 5.74) is 8.44. The maximum atomic E-state index is 14.0. The summed E-state index contributed by atoms with van der Waals surface area (Å²) in [6.45, 7) is 0.176. The minimum absolute atomic E-state index is 0.00910. The molecular weight excluding hydrogens is 490 g/mol. The van der Waals surface area contributed by atoms with Crippen LogP contribution in [0.4, 0.5) is 17.6 Å². The first-order chi connectivity index (χ1) is 17.6. The van der Waals surface area contributed by atoms with Crippen LogP contribution < -0.4 is 15.2 Å². The van der Waals surface area contributed by atoms with Crippen molar-refractivity contribution in [2.45, 2.75) is 45.9 Å². The summed E-state index contributed by atoms with van der Waals surface area (Å²) < 4.78 is 64.8. The Balaban J connectivity index is 1.53. The maximum Gasteiger partial charge on any atom is 0.387 e. The van der Waals surface area contributed by atoms with Gasteiger partial charge in [-0.1, -0.05) is 18.2 Å². The zero-order valence-electron chi connectivity index (χ0n) is 20.2. The first kappa shape index (κ1) is 26.2. The van der Waals surface area contributed by atoms with Crippen LogP contribution >= 0.6 is 0 Å². The predicted octanol–water partition coefficient (Wildman–Crippen LogP) is 6.07. The minimum Gasteiger partial charge on any atom is -0.485 e. The lowest BCUT2D eigenvalue weighted by atomic mass is 10.00. The van der Waals surface area contributed by atoms with E-state index >= 15 is 0 Å². The average Bonchev–Trinajstić information content (AvgIpc) is 3.17. The second-order valence-electron chi connectivity index (χ2n) is 8.63. The molecule has 4 aromatic rings. The van der Waals surface area contributed by atoms with Crippen LogP contribution in [0.3, 0.4) is 0 Å². The highest BCUT2D eigenvalue weighted by Crippen LogP contribution is 2.28. The summed E-state index contributed by atoms with van der Waals surface area (Å²) in [6, 6.07) is 10.7. The Hall–Kier alpha value is -3.92. The number of benzene rings is 2. The fraction of sp³-hybridized carbons (Fsp3) is 0.259. The molecule has 2 aromatic carbocycles. The molecular formula is C27H25F4N3O3. The van der Waals surface area contributed by atoms with Gasteiger partial charge in [-0.3, -0.25) is 9.20 Å². The van der Waals surface area contributed by atoms with E-state index in [0.717, 1.165) is 17.7 Å². The van der Waals surface area contributed by atoms with Crippen LogP contribution in [0.5, 0.6) is 11.5 Å². The molecule has 0 radical (unpaired) electrons. The van der Waals surface area contributed by atoms with Gasteiger partial charge in [0.15, 0.2) is 17.2 Å². The van der Waals surface area contributed by atoms with Crippen molar-refractivity contribution in [2.75, 3.05) is 0 Å². The first-order valence-corrected chi connectivity index (χ1v) is 11.5. The fourth-order valence-electron chi connectivity index (χ4n) is 4.11. The highest BCUT2D eigenvalue weighted by molar-refractivity contribution is 5.96. The number of fused-ring (bicyclic) bond motifs is 1. The summed E-state index contributed by atoms with van der Waals surface area (Å²) in [6.07, 6.45) is 2.05. The number of carbonyl (C=O) groups excluding carboxylic acids is 1. The van der Waals surface area contributed by atoms with Crippen LogP contribution in [0, 0.1) is 25.5 Å². The zero-order valence-corrected chi connectivity index (χ0v) is 20.2. The van der Waals surface area contributed by atoms with Gasteiger partial charge in [0.2, 0.25) is 0 Å². The number of halogens is 4. The van der Waals surface area contributed by atoms with Gasteiger partial charge < -0.3 is 15.2 Å². The number of hydrogen-bond acceptors (Lipinski definition) is 5. The summed E-state index contributed by atoms with van der Waals surface area (Å²) in [4.78, 5) is 17.7. The lowest BCUT2D eigenvalue weighted by molar-refractivity contribution is -0.0499. The van der Waals surface area contributed by atoms with Crippen LogP contribution in [0.2, 0.25) is 0 Å². The number of ketones is 1. The third kappa shape index (κ3) is 5.91. The molecule has 1 atom stereocenters. The van der Waals surface area contributed by atoms with E-state index in [1.807, 2.05) is 0 Å². The van der Waals surface area contributed by atoms with Gasteiger partial charge >= 0.3 is 6.61 Å². The third-order valence-electron chi connectivity index (χ3n) is 5.89. The lowest BCUT2D eigenvalue weighted by Gasteiger charge is -2.14. The number of nitrogens with two attached hydrogens (primary N) is 1. The van der Waals surface area contributed by atoms with Gasteiger partial charge in [0.05, 0.1) is 11.3 Å². The smallest absolute Gasteiger partial charge is 0.387 e. The molecule has 194 valence electrons. The van der Waals surface area contributed by atoms with E-state index in [4.69, 9.17) is 10.5 Å². The summed E-state index contributed by atoms with van der Waals surface area (Å²) >= 11 is 0. The van der Waals surface area contributed by atoms with Crippen molar-refractivity contribution in [2.24, 2.45) is 5.73 Å². The normalized spacial score (nSPS) is 12.2. The number of alkyl halides is 2. The van der Waals surface area contributed by atoms with Gasteiger partial charge in [0.25, 0.3) is 0 Å². The molecule has 0 bridgehead atoms. The van der Waals surface area contributed by atoms with E-state index in [1.54, 1.807) is 42.6 Å². The molecule has 1 unspecified atom stereocenters. The standard InChI is InChI=1S/C27H25F4N3O3/c1-15-11-24(36-14-19-20(28)7-4-8-21(19)29)26-33-16(2)25(34(26)13-15)23(35)10-9-22(32)17-5-3-6-18(12-17)37-27(30)31/h3-8,11-13,22,27H,9-10,14,32H2,1-2H3. The number of Topliss-reactive ketones (excluding diaryl/α,β-unsaturated/α-hetero) is 1. The summed E-state index contributed by atoms with van der Waals surface area (Å²) in [5.74, 6) is -1.40. The van der Waals surface area contributed by atoms with E-state index in [1.165, 1.54) is 18.2 Å². The van der Waals surface area contributed by atoms with Crippen molar-refractivity contribution >= 4 is 11.4 Å². The Morgan fingerprint density at radius 1 is 1.08 bits per heavy atom. The molecule has 0 spiro atoms. The van der Waals surface area contributed by atoms with Gasteiger partial charge in [-0.25, -0.2) is 13.8 Å². The molecule has 0 aliphatic carbocycles. The van der Waals surface area contributed by atoms with Crippen LogP contribution in [0.25, 0.3) is 5.65 Å². The molecule has 10 heteroatoms. The molecule has 0 aliphatic rings. The van der Waals surface area contributed by atoms with Crippen molar-refractivity contribution in [3.05, 3.63) is 94.4 Å². The number of rotatable bonds is 10. The predicted molar refractivity (Wildman–Crippen MR) is 129 cm³/mol. The van der Waals surface area contributed by atoms with E-state index in [9.17, 15) is 22.4 Å². The van der Waals surface area contributed by atoms with Crippen LogP contribution in [0.1, 0.15) is 51.8 Å². The van der Waals surface area contributed by atoms with Gasteiger partial charge in [-0.05, 0) is 61.7 Å². The van der Waals surface area contributed by atoms with E-state index in [2.05, 4.69) is 9.72 Å². The van der Waals surface area contributed by atoms with Crippen molar-refractivity contribution in [3.8, 4) is 11.5 Å². The second kappa shape index (κ2) is 11.0. The molecule has 0 aliphatic heterocycles. The topological polar surface area (TPSA) is 78.8 Å². The van der Waals surface area contributed by atoms with E-state index in [-0.39, 0.29) is 42.3 Å². The quantitative estimate of drug-likeness (QED) is 0.205. The molecule has 37 heavy (non-hydrogen) atoms. The number of hydrogen-bond donors (Lipinski definition) is 1. The fourth-order valence-corrected chi connectivity index (χ4v) is 4.11. The Morgan fingerprint density at radius 3 is 2.49 bits per heavy atom. The van der Waals surface area contributed by atoms with E-state index in [0.29, 0.717) is 22.6 Å². The number of aromatic nitrogens is 2. The van der Waals surface area contributed by atoms with Gasteiger partial charge in [-0.2, -0.15) is 8.78 Å². The highest BCUT2D eigenvalue weighted by atomic mass is 19.3. The van der Waals surface area contributed by atoms with Crippen molar-refractivity contribution in [3.63, 3.8) is 0 Å². The average molecular weight is 516 g/mol. The molecule has 2 aromatic heterocycles. The molecule has 2 heterocycles. The third-order valence-corrected chi connectivity index (χ3v) is 5.89. The zero-order chi connectivity index (χ0) is 26.7. The molecule has 6 nitrogen and oxygen atoms in total. The molecule has 4 rings (SSSR count). The van der Waals surface area contributed by atoms with Gasteiger partial charge in [0.1, 0.15) is 29.7 Å². The number of ether oxygens (including phenoxy) is 2. The van der Waals surface area contributed by atoms with Crippen molar-refractivity contribution in [1.82, 2.24) is 9.38 Å². The van der Waals surface area contributed by atoms with Crippen LogP contribution in [-0.2, 0) is 6.61 Å². The Morgan fingerprint density at radius 2 is 1.78 bits per heavy atom. The Bertz CT molecular complexity index is 1420. The highest BCUT2D eigenvalue weighted by Gasteiger charge is 2.21. The number of imidazole rings is 1. The number of pyridine rings is 1. The van der Waals surface area contributed by atoms with Gasteiger partial charge in [0, 0.05) is 18.7 Å². The van der Waals surface area contributed by atoms with Crippen LogP contribution in [-0.4, -0.2) is 21.8 Å². The number of nitrogens with zero attached hydrogens (tertiary/aromatic N) is 2. The van der Waals surface area contributed by atoms with Crippen LogP contribution in [0.15, 0.2) is 54.7 Å². The minimum atomic E-state index is -2.95. The Kier molecular flexibility index (Phi) is 7.77. The Labute approximate surface area is 210 Å². The number of aryl methyl sites for hydroxylation is 2. The number of carbonyl (C=O) groups is 1. The van der Waals surface area contributed by atoms with Crippen molar-refractivity contribution in [1.29, 1.82) is 0 Å².